The summed E-state index contributed by atoms with van der Waals surface area (Å²) in [6.07, 6.45) is 2.88. The summed E-state index contributed by atoms with van der Waals surface area (Å²) >= 11 is 0. The summed E-state index contributed by atoms with van der Waals surface area (Å²) in [6, 6.07) is 3.25. The Kier molecular flexibility index (Phi) is 4.35. The molecule has 0 spiro atoms. The Morgan fingerprint density at radius 3 is 3.05 bits per heavy atom. The zero-order chi connectivity index (χ0) is 14.9. The Hall–Kier alpha value is -0.890. The van der Waals surface area contributed by atoms with E-state index >= 15 is 0 Å². The smallest absolute Gasteiger partial charge is 0.276 e. The lowest BCUT2D eigenvalue weighted by atomic mass is 10.2. The van der Waals surface area contributed by atoms with Crippen molar-refractivity contribution in [1.29, 1.82) is 0 Å². The molecule has 2 aliphatic rings. The van der Waals surface area contributed by atoms with Gasteiger partial charge < -0.3 is 14.5 Å². The Morgan fingerprint density at radius 1 is 1.38 bits per heavy atom. The molecule has 2 heterocycles. The molecule has 1 aromatic rings. The van der Waals surface area contributed by atoms with E-state index in [2.05, 4.69) is 5.32 Å². The van der Waals surface area contributed by atoms with Crippen molar-refractivity contribution in [2.75, 3.05) is 19.7 Å². The first-order valence-electron chi connectivity index (χ1n) is 7.56. The molecule has 1 aliphatic carbocycles. The molecule has 0 radical (unpaired) electrons. The third kappa shape index (κ3) is 2.88. The molecule has 0 amide bonds. The van der Waals surface area contributed by atoms with E-state index in [1.54, 1.807) is 16.4 Å². The monoisotopic (exact) mass is 314 g/mol. The van der Waals surface area contributed by atoms with Crippen LogP contribution in [0.15, 0.2) is 21.6 Å². The number of nitrogens with one attached hydrogen (secondary N) is 1. The van der Waals surface area contributed by atoms with Crippen LogP contribution in [0.3, 0.4) is 0 Å². The molecule has 2 unspecified atom stereocenters. The Bertz CT molecular complexity index is 584. The molecule has 7 heteroatoms. The highest BCUT2D eigenvalue weighted by Crippen LogP contribution is 2.33. The third-order valence-corrected chi connectivity index (χ3v) is 5.98. The number of morpholine rings is 1. The molecule has 0 aromatic carbocycles. The van der Waals surface area contributed by atoms with Crippen molar-refractivity contribution in [3.05, 3.63) is 17.9 Å². The second-order valence-corrected chi connectivity index (χ2v) is 7.35. The van der Waals surface area contributed by atoms with Crippen LogP contribution in [0, 0.1) is 0 Å². The molecule has 118 valence electrons. The lowest BCUT2D eigenvalue weighted by Gasteiger charge is -2.35. The van der Waals surface area contributed by atoms with E-state index in [0.29, 0.717) is 25.5 Å². The van der Waals surface area contributed by atoms with Crippen molar-refractivity contribution in [1.82, 2.24) is 9.62 Å². The molecule has 2 fully saturated rings. The van der Waals surface area contributed by atoms with Gasteiger partial charge in [-0.3, -0.25) is 0 Å². The van der Waals surface area contributed by atoms with Gasteiger partial charge in [-0.05, 0) is 37.9 Å². The summed E-state index contributed by atoms with van der Waals surface area (Å²) in [5, 5.41) is 3.17. The lowest BCUT2D eigenvalue weighted by Crippen LogP contribution is -2.51. The van der Waals surface area contributed by atoms with Gasteiger partial charge in [-0.2, -0.15) is 4.31 Å². The van der Waals surface area contributed by atoms with Crippen LogP contribution in [0.1, 0.15) is 31.9 Å². The van der Waals surface area contributed by atoms with Gasteiger partial charge in [0.15, 0.2) is 0 Å². The maximum Gasteiger partial charge on any atom is 0.276 e. The van der Waals surface area contributed by atoms with E-state index in [0.717, 1.165) is 25.8 Å². The van der Waals surface area contributed by atoms with E-state index in [1.807, 2.05) is 6.92 Å². The lowest BCUT2D eigenvalue weighted by molar-refractivity contribution is -0.0245. The van der Waals surface area contributed by atoms with Crippen LogP contribution in [0.2, 0.25) is 0 Å². The SMILES string of the molecule is CCNCc1ccc(S(=O)(=O)N2CCOC3CCCC32)o1. The molecule has 1 aromatic heterocycles. The first kappa shape index (κ1) is 15.0. The first-order chi connectivity index (χ1) is 10.1. The number of rotatable bonds is 5. The second-order valence-electron chi connectivity index (χ2n) is 5.52. The maximum atomic E-state index is 12.8. The van der Waals surface area contributed by atoms with Gasteiger partial charge in [0.2, 0.25) is 5.09 Å². The number of furan rings is 1. The molecule has 1 N–H and O–H groups in total. The topological polar surface area (TPSA) is 71.8 Å². The fraction of sp³-hybridized carbons (Fsp3) is 0.714. The maximum absolute atomic E-state index is 12.8. The molecule has 21 heavy (non-hydrogen) atoms. The minimum Gasteiger partial charge on any atom is -0.447 e. The molecule has 1 saturated heterocycles. The zero-order valence-corrected chi connectivity index (χ0v) is 13.1. The van der Waals surface area contributed by atoms with E-state index < -0.39 is 10.0 Å². The fourth-order valence-corrected chi connectivity index (χ4v) is 4.74. The Morgan fingerprint density at radius 2 is 2.24 bits per heavy atom. The van der Waals surface area contributed by atoms with Gasteiger partial charge >= 0.3 is 0 Å². The highest BCUT2D eigenvalue weighted by Gasteiger charge is 2.43. The molecular formula is C14H22N2O4S. The summed E-state index contributed by atoms with van der Waals surface area (Å²) in [6.45, 7) is 4.23. The summed E-state index contributed by atoms with van der Waals surface area (Å²) in [7, 11) is -3.56. The molecule has 1 saturated carbocycles. The van der Waals surface area contributed by atoms with Crippen molar-refractivity contribution >= 4 is 10.0 Å². The summed E-state index contributed by atoms with van der Waals surface area (Å²) in [5.74, 6) is 0.645. The Balaban J connectivity index is 1.80. The van der Waals surface area contributed by atoms with Crippen LogP contribution < -0.4 is 5.32 Å². The quantitative estimate of drug-likeness (QED) is 0.888. The second kappa shape index (κ2) is 6.08. The van der Waals surface area contributed by atoms with Crippen molar-refractivity contribution < 1.29 is 17.6 Å². The minimum absolute atomic E-state index is 0.0360. The predicted molar refractivity (Wildman–Crippen MR) is 77.4 cm³/mol. The zero-order valence-electron chi connectivity index (χ0n) is 12.2. The summed E-state index contributed by atoms with van der Waals surface area (Å²) < 4.78 is 38.3. The molecule has 3 rings (SSSR count). The largest absolute Gasteiger partial charge is 0.447 e. The van der Waals surface area contributed by atoms with E-state index in [4.69, 9.17) is 9.15 Å². The number of sulfonamides is 1. The highest BCUT2D eigenvalue weighted by molar-refractivity contribution is 7.89. The van der Waals surface area contributed by atoms with Gasteiger partial charge in [-0.15, -0.1) is 0 Å². The fourth-order valence-electron chi connectivity index (χ4n) is 3.14. The van der Waals surface area contributed by atoms with Crippen LogP contribution in [0.4, 0.5) is 0 Å². The van der Waals surface area contributed by atoms with Gasteiger partial charge in [-0.25, -0.2) is 8.42 Å². The van der Waals surface area contributed by atoms with Gasteiger partial charge in [0, 0.05) is 6.54 Å². The van der Waals surface area contributed by atoms with Crippen molar-refractivity contribution in [2.24, 2.45) is 0 Å². The number of hydrogen-bond acceptors (Lipinski definition) is 5. The molecule has 1 aliphatic heterocycles. The van der Waals surface area contributed by atoms with Crippen LogP contribution in [-0.2, 0) is 21.3 Å². The average molecular weight is 314 g/mol. The van der Waals surface area contributed by atoms with Crippen molar-refractivity contribution in [3.8, 4) is 0 Å². The Labute approximate surface area is 125 Å². The van der Waals surface area contributed by atoms with Gasteiger partial charge in [0.05, 0.1) is 25.3 Å². The summed E-state index contributed by atoms with van der Waals surface area (Å²) in [5.41, 5.74) is 0. The van der Waals surface area contributed by atoms with E-state index in [-0.39, 0.29) is 17.2 Å². The van der Waals surface area contributed by atoms with Crippen LogP contribution in [0.5, 0.6) is 0 Å². The van der Waals surface area contributed by atoms with E-state index in [9.17, 15) is 8.42 Å². The summed E-state index contributed by atoms with van der Waals surface area (Å²) in [4.78, 5) is 0. The minimum atomic E-state index is -3.56. The number of ether oxygens (including phenoxy) is 1. The van der Waals surface area contributed by atoms with Crippen molar-refractivity contribution in [3.63, 3.8) is 0 Å². The van der Waals surface area contributed by atoms with E-state index in [1.165, 1.54) is 0 Å². The third-order valence-electron chi connectivity index (χ3n) is 4.18. The van der Waals surface area contributed by atoms with Gasteiger partial charge in [0.25, 0.3) is 10.0 Å². The number of hydrogen-bond donors (Lipinski definition) is 1. The number of nitrogens with zero attached hydrogens (tertiary/aromatic N) is 1. The molecule has 0 bridgehead atoms. The predicted octanol–water partition coefficient (Wildman–Crippen LogP) is 1.33. The van der Waals surface area contributed by atoms with Crippen molar-refractivity contribution in [2.45, 2.75) is 50.0 Å². The van der Waals surface area contributed by atoms with Crippen LogP contribution >= 0.6 is 0 Å². The highest BCUT2D eigenvalue weighted by atomic mass is 32.2. The molecule has 2 atom stereocenters. The average Bonchev–Trinajstić information content (AvgIpc) is 3.13. The standard InChI is InChI=1S/C14H22N2O4S/c1-2-15-10-11-6-7-14(20-11)21(17,18)16-8-9-19-13-5-3-4-12(13)16/h6-7,12-13,15H,2-5,8-10H2,1H3. The molecule has 6 nitrogen and oxygen atoms in total. The first-order valence-corrected chi connectivity index (χ1v) is 9.00. The van der Waals surface area contributed by atoms with Gasteiger partial charge in [0.1, 0.15) is 5.76 Å². The number of fused-ring (bicyclic) bond motifs is 1. The molecular weight excluding hydrogens is 292 g/mol. The van der Waals surface area contributed by atoms with Crippen LogP contribution in [0.25, 0.3) is 0 Å². The normalized spacial score (nSPS) is 26.9. The van der Waals surface area contributed by atoms with Crippen LogP contribution in [-0.4, -0.2) is 44.6 Å². The van der Waals surface area contributed by atoms with Gasteiger partial charge in [-0.1, -0.05) is 6.92 Å².